The van der Waals surface area contributed by atoms with E-state index in [1.807, 2.05) is 0 Å². The summed E-state index contributed by atoms with van der Waals surface area (Å²) in [4.78, 5) is 0. The molecule has 0 bridgehead atoms. The van der Waals surface area contributed by atoms with E-state index in [0.717, 1.165) is 5.92 Å². The van der Waals surface area contributed by atoms with E-state index in [0.29, 0.717) is 0 Å². The Morgan fingerprint density at radius 2 is 1.70 bits per heavy atom. The zero-order valence-corrected chi connectivity index (χ0v) is 6.60. The van der Waals surface area contributed by atoms with E-state index >= 15 is 0 Å². The summed E-state index contributed by atoms with van der Waals surface area (Å²) >= 11 is 0. The van der Waals surface area contributed by atoms with E-state index in [-0.39, 0.29) is 0 Å². The van der Waals surface area contributed by atoms with Crippen molar-refractivity contribution < 1.29 is 0 Å². The van der Waals surface area contributed by atoms with Crippen molar-refractivity contribution in [2.75, 3.05) is 0 Å². The summed E-state index contributed by atoms with van der Waals surface area (Å²) in [5.41, 5.74) is 2.89. The molecule has 1 rings (SSSR count). The average molecular weight is 136 g/mol. The molecule has 0 aromatic heterocycles. The second-order valence-electron chi connectivity index (χ2n) is 3.12. The van der Waals surface area contributed by atoms with Crippen molar-refractivity contribution >= 4 is 0 Å². The molecule has 0 spiro atoms. The molecule has 0 atom stereocenters. The standard InChI is InChI=1S/C10H16/c1-2-7-10-8-5-3-4-6-9-10/h7,10H,1,3-6,8-9H2. The van der Waals surface area contributed by atoms with Crippen LogP contribution in [0.2, 0.25) is 0 Å². The van der Waals surface area contributed by atoms with Crippen LogP contribution in [0.4, 0.5) is 0 Å². The Labute approximate surface area is 63.6 Å². The van der Waals surface area contributed by atoms with Gasteiger partial charge in [-0.3, -0.25) is 0 Å². The maximum absolute atomic E-state index is 3.60. The van der Waals surface area contributed by atoms with Gasteiger partial charge in [-0.2, -0.15) is 0 Å². The largest absolute Gasteiger partial charge is 0.133 e. The predicted molar refractivity (Wildman–Crippen MR) is 44.9 cm³/mol. The SMILES string of the molecule is C=C=CC1CCCCCC1. The van der Waals surface area contributed by atoms with Gasteiger partial charge in [0.05, 0.1) is 0 Å². The summed E-state index contributed by atoms with van der Waals surface area (Å²) in [6.07, 6.45) is 10.5. The normalized spacial score (nSPS) is 21.2. The van der Waals surface area contributed by atoms with E-state index < -0.39 is 0 Å². The van der Waals surface area contributed by atoms with Crippen LogP contribution in [0.15, 0.2) is 18.4 Å². The highest BCUT2D eigenvalue weighted by atomic mass is 14.1. The Balaban J connectivity index is 2.34. The van der Waals surface area contributed by atoms with Crippen molar-refractivity contribution in [1.29, 1.82) is 0 Å². The Hall–Kier alpha value is -0.480. The van der Waals surface area contributed by atoms with Crippen molar-refractivity contribution in [3.05, 3.63) is 18.4 Å². The maximum atomic E-state index is 3.60. The molecular formula is C10H16. The van der Waals surface area contributed by atoms with Crippen LogP contribution in [0.3, 0.4) is 0 Å². The second kappa shape index (κ2) is 4.35. The molecule has 0 aromatic carbocycles. The third-order valence-corrected chi connectivity index (χ3v) is 2.25. The van der Waals surface area contributed by atoms with Crippen molar-refractivity contribution in [2.24, 2.45) is 5.92 Å². The fraction of sp³-hybridized carbons (Fsp3) is 0.700. The Morgan fingerprint density at radius 3 is 2.20 bits per heavy atom. The van der Waals surface area contributed by atoms with Gasteiger partial charge in [-0.05, 0) is 24.8 Å². The van der Waals surface area contributed by atoms with Crippen LogP contribution in [-0.4, -0.2) is 0 Å². The first-order valence-corrected chi connectivity index (χ1v) is 4.29. The molecule has 1 saturated carbocycles. The van der Waals surface area contributed by atoms with E-state index in [2.05, 4.69) is 18.4 Å². The third kappa shape index (κ3) is 2.41. The van der Waals surface area contributed by atoms with Gasteiger partial charge >= 0.3 is 0 Å². The average Bonchev–Trinajstić information content (AvgIpc) is 2.17. The number of hydrogen-bond acceptors (Lipinski definition) is 0. The van der Waals surface area contributed by atoms with Gasteiger partial charge in [0.15, 0.2) is 0 Å². The molecule has 56 valence electrons. The number of hydrogen-bond donors (Lipinski definition) is 0. The summed E-state index contributed by atoms with van der Waals surface area (Å²) in [5, 5.41) is 0. The van der Waals surface area contributed by atoms with E-state index in [1.54, 1.807) is 0 Å². The van der Waals surface area contributed by atoms with Gasteiger partial charge < -0.3 is 0 Å². The van der Waals surface area contributed by atoms with Gasteiger partial charge in [0.1, 0.15) is 0 Å². The van der Waals surface area contributed by atoms with Crippen molar-refractivity contribution in [2.45, 2.75) is 38.5 Å². The molecule has 1 aliphatic rings. The quantitative estimate of drug-likeness (QED) is 0.383. The highest BCUT2D eigenvalue weighted by molar-refractivity contribution is 4.85. The van der Waals surface area contributed by atoms with Gasteiger partial charge in [0, 0.05) is 0 Å². The predicted octanol–water partition coefficient (Wildman–Crippen LogP) is 3.30. The van der Waals surface area contributed by atoms with Crippen LogP contribution in [0.5, 0.6) is 0 Å². The van der Waals surface area contributed by atoms with E-state index in [1.165, 1.54) is 38.5 Å². The molecular weight excluding hydrogens is 120 g/mol. The van der Waals surface area contributed by atoms with Crippen molar-refractivity contribution in [1.82, 2.24) is 0 Å². The fourth-order valence-corrected chi connectivity index (χ4v) is 1.64. The van der Waals surface area contributed by atoms with Gasteiger partial charge in [0.2, 0.25) is 0 Å². The lowest BCUT2D eigenvalue weighted by molar-refractivity contribution is 0.560. The van der Waals surface area contributed by atoms with Crippen LogP contribution in [0, 0.1) is 5.92 Å². The molecule has 0 radical (unpaired) electrons. The molecule has 10 heavy (non-hydrogen) atoms. The van der Waals surface area contributed by atoms with Crippen LogP contribution < -0.4 is 0 Å². The zero-order chi connectivity index (χ0) is 7.23. The number of allylic oxidation sites excluding steroid dienone is 1. The minimum Gasteiger partial charge on any atom is -0.133 e. The van der Waals surface area contributed by atoms with Crippen LogP contribution in [0.25, 0.3) is 0 Å². The highest BCUT2D eigenvalue weighted by Gasteiger charge is 2.07. The van der Waals surface area contributed by atoms with Gasteiger partial charge in [-0.25, -0.2) is 0 Å². The molecule has 0 N–H and O–H groups in total. The minimum atomic E-state index is 0.792. The van der Waals surface area contributed by atoms with Gasteiger partial charge in [-0.1, -0.05) is 32.3 Å². The smallest absolute Gasteiger partial charge is 0.0158 e. The maximum Gasteiger partial charge on any atom is -0.0158 e. The molecule has 0 aliphatic heterocycles. The van der Waals surface area contributed by atoms with Crippen LogP contribution in [0.1, 0.15) is 38.5 Å². The van der Waals surface area contributed by atoms with E-state index in [9.17, 15) is 0 Å². The Kier molecular flexibility index (Phi) is 3.32. The lowest BCUT2D eigenvalue weighted by Gasteiger charge is -2.04. The molecule has 0 heteroatoms. The number of rotatable bonds is 1. The first kappa shape index (κ1) is 7.63. The summed E-state index contributed by atoms with van der Waals surface area (Å²) in [5.74, 6) is 0.792. The monoisotopic (exact) mass is 136 g/mol. The first-order valence-electron chi connectivity index (χ1n) is 4.29. The lowest BCUT2D eigenvalue weighted by Crippen LogP contribution is -1.91. The minimum absolute atomic E-state index is 0.792. The Bertz CT molecular complexity index is 121. The molecule has 0 unspecified atom stereocenters. The fourth-order valence-electron chi connectivity index (χ4n) is 1.64. The topological polar surface area (TPSA) is 0 Å². The molecule has 0 amide bonds. The summed E-state index contributed by atoms with van der Waals surface area (Å²) in [6.45, 7) is 3.60. The molecule has 0 heterocycles. The molecule has 1 aliphatic carbocycles. The summed E-state index contributed by atoms with van der Waals surface area (Å²) < 4.78 is 0. The molecule has 0 nitrogen and oxygen atoms in total. The van der Waals surface area contributed by atoms with Gasteiger partial charge in [-0.15, -0.1) is 5.73 Å². The first-order chi connectivity index (χ1) is 4.93. The van der Waals surface area contributed by atoms with Crippen LogP contribution in [-0.2, 0) is 0 Å². The molecule has 1 fully saturated rings. The summed E-state index contributed by atoms with van der Waals surface area (Å²) in [7, 11) is 0. The van der Waals surface area contributed by atoms with E-state index in [4.69, 9.17) is 0 Å². The highest BCUT2D eigenvalue weighted by Crippen LogP contribution is 2.23. The van der Waals surface area contributed by atoms with Crippen molar-refractivity contribution in [3.63, 3.8) is 0 Å². The lowest BCUT2D eigenvalue weighted by atomic mass is 10.0. The summed E-state index contributed by atoms with van der Waals surface area (Å²) in [6, 6.07) is 0. The second-order valence-corrected chi connectivity index (χ2v) is 3.12. The third-order valence-electron chi connectivity index (χ3n) is 2.25. The molecule has 0 aromatic rings. The molecule has 0 saturated heterocycles. The van der Waals surface area contributed by atoms with Gasteiger partial charge in [0.25, 0.3) is 0 Å². The Morgan fingerprint density at radius 1 is 1.10 bits per heavy atom. The zero-order valence-electron chi connectivity index (χ0n) is 6.60. The van der Waals surface area contributed by atoms with Crippen LogP contribution >= 0.6 is 0 Å². The van der Waals surface area contributed by atoms with Crippen molar-refractivity contribution in [3.8, 4) is 0 Å².